The molecule has 0 saturated carbocycles. The minimum absolute atomic E-state index is 0.0224. The van der Waals surface area contributed by atoms with Gasteiger partial charge < -0.3 is 9.47 Å². The van der Waals surface area contributed by atoms with Gasteiger partial charge in [0.15, 0.2) is 0 Å². The number of hydrogen-bond donors (Lipinski definition) is 0. The zero-order chi connectivity index (χ0) is 32.9. The summed E-state index contributed by atoms with van der Waals surface area (Å²) in [5.41, 5.74) is 5.17. The fraction of sp³-hybridized carbons (Fsp3) is 0.108. The second-order valence-electron chi connectivity index (χ2n) is 11.2. The predicted octanol–water partition coefficient (Wildman–Crippen LogP) is 9.23. The number of benzene rings is 5. The Morgan fingerprint density at radius 3 is 2.30 bits per heavy atom. The van der Waals surface area contributed by atoms with E-state index in [9.17, 15) is 13.2 Å². The van der Waals surface area contributed by atoms with E-state index < -0.39 is 21.8 Å². The molecule has 0 atom stereocenters. The molecule has 1 aliphatic heterocycles. The third-order valence-corrected chi connectivity index (χ3v) is 10.7. The van der Waals surface area contributed by atoms with E-state index in [1.165, 1.54) is 59.6 Å². The Morgan fingerprint density at radius 1 is 0.851 bits per heavy atom. The van der Waals surface area contributed by atoms with Gasteiger partial charge in [-0.15, -0.1) is 0 Å². The van der Waals surface area contributed by atoms with Crippen LogP contribution in [0.1, 0.15) is 21.8 Å². The van der Waals surface area contributed by atoms with Crippen LogP contribution in [0.4, 0.5) is 4.39 Å². The molecular weight excluding hydrogens is 660 g/mol. The van der Waals surface area contributed by atoms with Crippen LogP contribution in [-0.4, -0.2) is 38.7 Å². The van der Waals surface area contributed by atoms with Crippen molar-refractivity contribution in [1.82, 2.24) is 3.97 Å². The van der Waals surface area contributed by atoms with Crippen molar-refractivity contribution < 1.29 is 27.1 Å². The summed E-state index contributed by atoms with van der Waals surface area (Å²) in [5, 5.41) is 1.15. The molecule has 1 aromatic heterocycles. The van der Waals surface area contributed by atoms with Crippen LogP contribution in [0, 0.1) is 5.82 Å². The van der Waals surface area contributed by atoms with Gasteiger partial charge in [0.1, 0.15) is 5.82 Å². The first kappa shape index (κ1) is 31.1. The summed E-state index contributed by atoms with van der Waals surface area (Å²) < 4.78 is 56.0. The molecule has 0 radical (unpaired) electrons. The second-order valence-corrected chi connectivity index (χ2v) is 13.8. The number of fused-ring (bicyclic) bond motifs is 1. The van der Waals surface area contributed by atoms with E-state index in [-0.39, 0.29) is 10.8 Å². The van der Waals surface area contributed by atoms with Gasteiger partial charge in [0.05, 0.1) is 42.0 Å². The van der Waals surface area contributed by atoms with Crippen LogP contribution < -0.4 is 0 Å². The number of carbonyl (C=O) groups excluding carboxylic acids is 1. The number of nitrogens with zero attached hydrogens (tertiary/aromatic N) is 1. The van der Waals surface area contributed by atoms with E-state index in [0.717, 1.165) is 11.1 Å². The predicted molar refractivity (Wildman–Crippen MR) is 182 cm³/mol. The first-order valence-corrected chi connectivity index (χ1v) is 16.9. The van der Waals surface area contributed by atoms with Gasteiger partial charge in [0.25, 0.3) is 10.0 Å². The average molecular weight is 687 g/mol. The average Bonchev–Trinajstić information content (AvgIpc) is 3.39. The van der Waals surface area contributed by atoms with E-state index in [1.807, 2.05) is 48.5 Å². The number of carbonyl (C=O) groups is 1. The molecule has 0 spiro atoms. The number of halogens is 3. The summed E-state index contributed by atoms with van der Waals surface area (Å²) in [4.78, 5) is 12.1. The summed E-state index contributed by atoms with van der Waals surface area (Å²) in [6.07, 6.45) is 0. The van der Waals surface area contributed by atoms with Crippen LogP contribution in [0.5, 0.6) is 0 Å². The standard InChI is InChI=1S/C37H26Cl2FNO5S/c1-45-37(42)24-9-15-30(33(39)18-24)22-5-4-6-23(17-22)36-35(31-8-3-2-7-29(31)25-20-46-21-25)32-19-27(40)12-16-34(32)41(36)47(43,44)28-13-10-26(38)11-14-28/h2-19,25H,20-21H2,1H3. The lowest BCUT2D eigenvalue weighted by Gasteiger charge is -2.28. The monoisotopic (exact) mass is 685 g/mol. The lowest BCUT2D eigenvalue weighted by molar-refractivity contribution is 0.00864. The molecule has 1 fully saturated rings. The summed E-state index contributed by atoms with van der Waals surface area (Å²) in [6, 6.07) is 30.0. The minimum atomic E-state index is -4.26. The highest BCUT2D eigenvalue weighted by Crippen LogP contribution is 2.47. The van der Waals surface area contributed by atoms with Gasteiger partial charge in [-0.2, -0.15) is 0 Å². The molecule has 5 aromatic carbocycles. The van der Waals surface area contributed by atoms with Crippen LogP contribution in [-0.2, 0) is 19.5 Å². The molecule has 236 valence electrons. The highest BCUT2D eigenvalue weighted by molar-refractivity contribution is 7.90. The topological polar surface area (TPSA) is 74.6 Å². The van der Waals surface area contributed by atoms with Crippen molar-refractivity contribution in [2.75, 3.05) is 20.3 Å². The number of ether oxygens (including phenoxy) is 2. The van der Waals surface area contributed by atoms with Crippen LogP contribution in [0.3, 0.4) is 0 Å². The van der Waals surface area contributed by atoms with Crippen molar-refractivity contribution in [3.8, 4) is 33.5 Å². The zero-order valence-corrected chi connectivity index (χ0v) is 27.2. The van der Waals surface area contributed by atoms with Crippen molar-refractivity contribution in [3.05, 3.63) is 136 Å². The van der Waals surface area contributed by atoms with Crippen LogP contribution in [0.25, 0.3) is 44.4 Å². The fourth-order valence-corrected chi connectivity index (χ4v) is 8.02. The van der Waals surface area contributed by atoms with Gasteiger partial charge in [0.2, 0.25) is 0 Å². The van der Waals surface area contributed by atoms with E-state index in [0.29, 0.717) is 67.7 Å². The molecule has 0 aliphatic carbocycles. The Bertz CT molecular complexity index is 2300. The molecular formula is C37H26Cl2FNO5S. The third-order valence-electron chi connectivity index (χ3n) is 8.38. The fourth-order valence-electron chi connectivity index (χ4n) is 6.06. The third kappa shape index (κ3) is 5.51. The maximum atomic E-state index is 15.1. The van der Waals surface area contributed by atoms with Gasteiger partial charge in [-0.1, -0.05) is 71.7 Å². The summed E-state index contributed by atoms with van der Waals surface area (Å²) in [5.74, 6) is -0.920. The van der Waals surface area contributed by atoms with Crippen LogP contribution >= 0.6 is 23.2 Å². The first-order valence-electron chi connectivity index (χ1n) is 14.7. The maximum Gasteiger partial charge on any atom is 0.337 e. The number of rotatable bonds is 7. The summed E-state index contributed by atoms with van der Waals surface area (Å²) >= 11 is 12.8. The minimum Gasteiger partial charge on any atom is -0.465 e. The molecule has 0 N–H and O–H groups in total. The summed E-state index contributed by atoms with van der Waals surface area (Å²) in [6.45, 7) is 1.05. The Hall–Kier alpha value is -4.47. The van der Waals surface area contributed by atoms with Crippen molar-refractivity contribution in [2.45, 2.75) is 10.8 Å². The van der Waals surface area contributed by atoms with E-state index in [2.05, 4.69) is 0 Å². The van der Waals surface area contributed by atoms with Crippen molar-refractivity contribution >= 4 is 50.1 Å². The molecule has 0 amide bonds. The molecule has 7 rings (SSSR count). The Labute approximate surface area is 281 Å². The molecule has 0 unspecified atom stereocenters. The molecule has 6 aromatic rings. The quantitative estimate of drug-likeness (QED) is 0.157. The highest BCUT2D eigenvalue weighted by Gasteiger charge is 2.32. The largest absolute Gasteiger partial charge is 0.465 e. The number of esters is 1. The normalized spacial score (nSPS) is 13.4. The molecule has 6 nitrogen and oxygen atoms in total. The molecule has 47 heavy (non-hydrogen) atoms. The van der Waals surface area contributed by atoms with E-state index in [4.69, 9.17) is 32.7 Å². The zero-order valence-electron chi connectivity index (χ0n) is 24.9. The Kier molecular flexibility index (Phi) is 8.14. The van der Waals surface area contributed by atoms with Gasteiger partial charge in [-0.3, -0.25) is 0 Å². The molecule has 0 bridgehead atoms. The van der Waals surface area contributed by atoms with Crippen LogP contribution in [0.2, 0.25) is 10.0 Å². The Morgan fingerprint density at radius 2 is 1.60 bits per heavy atom. The molecule has 10 heteroatoms. The number of methoxy groups -OCH3 is 1. The molecule has 1 aliphatic rings. The van der Waals surface area contributed by atoms with Gasteiger partial charge in [-0.25, -0.2) is 21.6 Å². The smallest absolute Gasteiger partial charge is 0.337 e. The van der Waals surface area contributed by atoms with Crippen molar-refractivity contribution in [3.63, 3.8) is 0 Å². The van der Waals surface area contributed by atoms with Gasteiger partial charge in [-0.05, 0) is 77.4 Å². The molecule has 1 saturated heterocycles. The number of aromatic nitrogens is 1. The van der Waals surface area contributed by atoms with Crippen molar-refractivity contribution in [2.24, 2.45) is 0 Å². The highest BCUT2D eigenvalue weighted by atomic mass is 35.5. The number of hydrogen-bond acceptors (Lipinski definition) is 5. The first-order chi connectivity index (χ1) is 22.7. The van der Waals surface area contributed by atoms with E-state index in [1.54, 1.807) is 12.1 Å². The maximum absolute atomic E-state index is 15.1. The SMILES string of the molecule is COC(=O)c1ccc(-c2cccc(-c3c(-c4ccccc4C4COC4)c4cc(F)ccc4n3S(=O)(=O)c3ccc(Cl)cc3)c2)c(Cl)c1. The lowest BCUT2D eigenvalue weighted by Crippen LogP contribution is -2.25. The van der Waals surface area contributed by atoms with E-state index >= 15 is 4.39 Å². The lowest BCUT2D eigenvalue weighted by atomic mass is 9.87. The van der Waals surface area contributed by atoms with Crippen molar-refractivity contribution in [1.29, 1.82) is 0 Å². The second kappa shape index (κ2) is 12.3. The van der Waals surface area contributed by atoms with Crippen LogP contribution in [0.15, 0.2) is 114 Å². The van der Waals surface area contributed by atoms with Gasteiger partial charge in [0, 0.05) is 38.0 Å². The Balaban J connectivity index is 1.56. The molecule has 2 heterocycles. The van der Waals surface area contributed by atoms with Gasteiger partial charge >= 0.3 is 5.97 Å². The summed E-state index contributed by atoms with van der Waals surface area (Å²) in [7, 11) is -2.96.